The zero-order valence-electron chi connectivity index (χ0n) is 21.8. The van der Waals surface area contributed by atoms with E-state index in [4.69, 9.17) is 16.9 Å². The third kappa shape index (κ3) is 6.93. The number of halogens is 2. The van der Waals surface area contributed by atoms with Crippen LogP contribution in [-0.2, 0) is 13.1 Å². The number of nitrogens with zero attached hydrogens (tertiary/aromatic N) is 5. The van der Waals surface area contributed by atoms with E-state index in [0.717, 1.165) is 58.7 Å². The lowest BCUT2D eigenvalue weighted by Crippen LogP contribution is -2.53. The summed E-state index contributed by atoms with van der Waals surface area (Å²) in [6.07, 6.45) is 3.85. The fourth-order valence-corrected chi connectivity index (χ4v) is 5.69. The number of piperazine rings is 1. The number of pyridine rings is 1. The number of carbonyl (C=O) groups excluding carboxylic acids is 1. The standard InChI is InChI=1S/C30H32ClFN6O.H2/c31-28-17-25(30(39)35-19-24-2-1-3-26(32)16-24)20-34-29(28)38-14-12-37(13-15-38)27-8-10-36(11-9-27)21-23-6-4-22(18-33)5-7-23;/h1-7,16-17,20,27H,8-15,19,21H2,(H,35,39);1H. The van der Waals surface area contributed by atoms with E-state index >= 15 is 0 Å². The number of benzene rings is 2. The molecule has 5 rings (SSSR count). The lowest BCUT2D eigenvalue weighted by molar-refractivity contribution is 0.0950. The zero-order valence-corrected chi connectivity index (χ0v) is 22.6. The number of rotatable bonds is 7. The molecule has 2 aliphatic rings. The van der Waals surface area contributed by atoms with Crippen LogP contribution in [0.15, 0.2) is 60.8 Å². The maximum absolute atomic E-state index is 13.4. The molecule has 0 aliphatic carbocycles. The maximum atomic E-state index is 13.4. The largest absolute Gasteiger partial charge is 0.353 e. The van der Waals surface area contributed by atoms with Gasteiger partial charge in [0, 0.05) is 52.9 Å². The minimum Gasteiger partial charge on any atom is -0.353 e. The molecule has 1 aromatic heterocycles. The summed E-state index contributed by atoms with van der Waals surface area (Å²) < 4.78 is 13.4. The lowest BCUT2D eigenvalue weighted by atomic mass is 10.0. The molecule has 0 atom stereocenters. The van der Waals surface area contributed by atoms with Crippen molar-refractivity contribution in [3.8, 4) is 6.07 Å². The van der Waals surface area contributed by atoms with E-state index in [1.807, 2.05) is 12.1 Å². The van der Waals surface area contributed by atoms with Crippen molar-refractivity contribution in [3.05, 3.63) is 93.9 Å². The van der Waals surface area contributed by atoms with Crippen LogP contribution in [0, 0.1) is 17.1 Å². The average molecular weight is 549 g/mol. The van der Waals surface area contributed by atoms with Gasteiger partial charge in [0.2, 0.25) is 0 Å². The summed E-state index contributed by atoms with van der Waals surface area (Å²) in [5.41, 5.74) is 3.02. The van der Waals surface area contributed by atoms with Gasteiger partial charge in [0.1, 0.15) is 11.6 Å². The Kier molecular flexibility index (Phi) is 8.72. The van der Waals surface area contributed by atoms with Gasteiger partial charge in [0.15, 0.2) is 0 Å². The number of aromatic nitrogens is 1. The van der Waals surface area contributed by atoms with Gasteiger partial charge in [0.05, 0.1) is 22.2 Å². The molecule has 7 nitrogen and oxygen atoms in total. The van der Waals surface area contributed by atoms with Crippen molar-refractivity contribution in [2.45, 2.75) is 32.0 Å². The summed E-state index contributed by atoms with van der Waals surface area (Å²) >= 11 is 6.56. The second-order valence-electron chi connectivity index (χ2n) is 10.2. The van der Waals surface area contributed by atoms with Crippen LogP contribution in [0.25, 0.3) is 0 Å². The van der Waals surface area contributed by atoms with Gasteiger partial charge in [-0.25, -0.2) is 9.37 Å². The summed E-state index contributed by atoms with van der Waals surface area (Å²) in [7, 11) is 0. The SMILES string of the molecule is N#Cc1ccc(CN2CCC(N3CCN(c4ncc(C(=O)NCc5cccc(F)c5)cc4Cl)CC3)CC2)cc1.[HH]. The first-order valence-corrected chi connectivity index (χ1v) is 13.7. The molecule has 3 aromatic rings. The highest BCUT2D eigenvalue weighted by Crippen LogP contribution is 2.27. The highest BCUT2D eigenvalue weighted by atomic mass is 35.5. The first-order chi connectivity index (χ1) is 19.0. The molecule has 3 heterocycles. The second-order valence-corrected chi connectivity index (χ2v) is 10.6. The molecule has 2 aliphatic heterocycles. The number of hydrogen-bond acceptors (Lipinski definition) is 6. The minimum atomic E-state index is -0.332. The fraction of sp³-hybridized carbons (Fsp3) is 0.367. The number of carbonyl (C=O) groups is 1. The topological polar surface area (TPSA) is 75.5 Å². The predicted molar refractivity (Wildman–Crippen MR) is 152 cm³/mol. The molecule has 1 amide bonds. The highest BCUT2D eigenvalue weighted by Gasteiger charge is 2.28. The van der Waals surface area contributed by atoms with Gasteiger partial charge in [0.25, 0.3) is 5.91 Å². The first-order valence-electron chi connectivity index (χ1n) is 13.4. The van der Waals surface area contributed by atoms with Gasteiger partial charge < -0.3 is 10.2 Å². The molecule has 9 heteroatoms. The van der Waals surface area contributed by atoms with Crippen LogP contribution < -0.4 is 10.2 Å². The lowest BCUT2D eigenvalue weighted by Gasteiger charge is -2.43. The van der Waals surface area contributed by atoms with E-state index in [-0.39, 0.29) is 19.7 Å². The van der Waals surface area contributed by atoms with Crippen molar-refractivity contribution in [1.29, 1.82) is 5.26 Å². The number of amides is 1. The van der Waals surface area contributed by atoms with Gasteiger partial charge in [-0.3, -0.25) is 14.6 Å². The molecule has 39 heavy (non-hydrogen) atoms. The minimum absolute atomic E-state index is 0. The van der Waals surface area contributed by atoms with Crippen LogP contribution in [0.2, 0.25) is 5.02 Å². The predicted octanol–water partition coefficient (Wildman–Crippen LogP) is 4.71. The monoisotopic (exact) mass is 548 g/mol. The number of likely N-dealkylation sites (tertiary alicyclic amines) is 1. The molecule has 204 valence electrons. The van der Waals surface area contributed by atoms with Crippen molar-refractivity contribution in [2.24, 2.45) is 0 Å². The average Bonchev–Trinajstić information content (AvgIpc) is 2.97. The number of hydrogen-bond donors (Lipinski definition) is 1. The molecule has 1 N–H and O–H groups in total. The number of anilines is 1. The van der Waals surface area contributed by atoms with E-state index in [1.165, 1.54) is 17.7 Å². The zero-order chi connectivity index (χ0) is 27.2. The third-order valence-corrected chi connectivity index (χ3v) is 7.88. The summed E-state index contributed by atoms with van der Waals surface area (Å²) in [4.78, 5) is 24.4. The smallest absolute Gasteiger partial charge is 0.253 e. The third-order valence-electron chi connectivity index (χ3n) is 7.60. The Labute approximate surface area is 235 Å². The summed E-state index contributed by atoms with van der Waals surface area (Å²) in [6.45, 7) is 6.87. The Morgan fingerprint density at radius 1 is 1.05 bits per heavy atom. The molecule has 2 aromatic carbocycles. The Morgan fingerprint density at radius 3 is 2.46 bits per heavy atom. The van der Waals surface area contributed by atoms with Crippen LogP contribution in [0.1, 0.15) is 41.3 Å². The van der Waals surface area contributed by atoms with Crippen LogP contribution in [0.4, 0.5) is 10.2 Å². The van der Waals surface area contributed by atoms with E-state index in [2.05, 4.69) is 43.2 Å². The van der Waals surface area contributed by atoms with Gasteiger partial charge >= 0.3 is 0 Å². The highest BCUT2D eigenvalue weighted by molar-refractivity contribution is 6.33. The van der Waals surface area contributed by atoms with Crippen molar-refractivity contribution >= 4 is 23.3 Å². The number of nitrogens with one attached hydrogen (secondary N) is 1. The van der Waals surface area contributed by atoms with Gasteiger partial charge in [-0.15, -0.1) is 0 Å². The van der Waals surface area contributed by atoms with E-state index in [0.29, 0.717) is 33.6 Å². The first kappa shape index (κ1) is 27.1. The van der Waals surface area contributed by atoms with Gasteiger partial charge in [-0.1, -0.05) is 35.9 Å². The quantitative estimate of drug-likeness (QED) is 0.461. The van der Waals surface area contributed by atoms with Crippen LogP contribution in [-0.4, -0.2) is 66.0 Å². The maximum Gasteiger partial charge on any atom is 0.253 e. The van der Waals surface area contributed by atoms with Crippen LogP contribution in [0.3, 0.4) is 0 Å². The Bertz CT molecular complexity index is 1330. The van der Waals surface area contributed by atoms with Crippen molar-refractivity contribution < 1.29 is 10.6 Å². The normalized spacial score (nSPS) is 17.1. The number of nitriles is 1. The van der Waals surface area contributed by atoms with Crippen molar-refractivity contribution in [2.75, 3.05) is 44.2 Å². The van der Waals surface area contributed by atoms with E-state index < -0.39 is 0 Å². The second kappa shape index (κ2) is 12.6. The Hall–Kier alpha value is -3.51. The number of piperidine rings is 1. The molecule has 0 bridgehead atoms. The summed E-state index contributed by atoms with van der Waals surface area (Å²) in [5.74, 6) is 0.0758. The fourth-order valence-electron chi connectivity index (χ4n) is 5.40. The van der Waals surface area contributed by atoms with Gasteiger partial charge in [-0.05, 0) is 67.4 Å². The molecule has 2 fully saturated rings. The molecular weight excluding hydrogens is 515 g/mol. The summed E-state index contributed by atoms with van der Waals surface area (Å²) in [6, 6.07) is 18.4. The Morgan fingerprint density at radius 2 is 1.79 bits per heavy atom. The van der Waals surface area contributed by atoms with Crippen LogP contribution in [0.5, 0.6) is 0 Å². The molecule has 2 saturated heterocycles. The van der Waals surface area contributed by atoms with Crippen molar-refractivity contribution in [3.63, 3.8) is 0 Å². The van der Waals surface area contributed by atoms with E-state index in [1.54, 1.807) is 24.4 Å². The molecule has 0 spiro atoms. The summed E-state index contributed by atoms with van der Waals surface area (Å²) in [5, 5.41) is 12.2. The molecule has 0 saturated carbocycles. The Balaban J connectivity index is 0.00000370. The molecule has 0 unspecified atom stereocenters. The van der Waals surface area contributed by atoms with Crippen molar-refractivity contribution in [1.82, 2.24) is 20.1 Å². The molecular formula is C30H34ClFN6O. The van der Waals surface area contributed by atoms with E-state index in [9.17, 15) is 9.18 Å². The van der Waals surface area contributed by atoms with Gasteiger partial charge in [-0.2, -0.15) is 5.26 Å². The molecule has 0 radical (unpaired) electrons. The van der Waals surface area contributed by atoms with Crippen LogP contribution >= 0.6 is 11.6 Å².